The van der Waals surface area contributed by atoms with Gasteiger partial charge in [-0.15, -0.1) is 0 Å². The van der Waals surface area contributed by atoms with Crippen LogP contribution in [-0.4, -0.2) is 29.6 Å². The van der Waals surface area contributed by atoms with Gasteiger partial charge in [-0.25, -0.2) is 13.2 Å². The molecule has 1 aromatic heterocycles. The molecule has 2 aromatic rings. The van der Waals surface area contributed by atoms with Gasteiger partial charge in [0.05, 0.1) is 6.07 Å². The molecule has 0 saturated heterocycles. The van der Waals surface area contributed by atoms with E-state index in [0.29, 0.717) is 11.4 Å². The number of ether oxygens (including phenoxy) is 1. The van der Waals surface area contributed by atoms with Crippen molar-refractivity contribution >= 4 is 16.1 Å². The van der Waals surface area contributed by atoms with Gasteiger partial charge in [0.2, 0.25) is 6.10 Å². The Labute approximate surface area is 153 Å². The molecule has 1 heterocycles. The number of hydrogen-bond donors (Lipinski definition) is 1. The van der Waals surface area contributed by atoms with Gasteiger partial charge in [0.1, 0.15) is 7.05 Å². The second kappa shape index (κ2) is 8.82. The molecule has 0 aliphatic heterocycles. The van der Waals surface area contributed by atoms with Gasteiger partial charge in [-0.3, -0.25) is 0 Å². The molecule has 0 spiro atoms. The zero-order valence-corrected chi connectivity index (χ0v) is 15.0. The third-order valence-corrected chi connectivity index (χ3v) is 3.70. The first-order valence-electron chi connectivity index (χ1n) is 7.26. The van der Waals surface area contributed by atoms with Gasteiger partial charge in [-0.05, 0) is 13.0 Å². The Bertz CT molecular complexity index is 882. The molecule has 148 valence electrons. The summed E-state index contributed by atoms with van der Waals surface area (Å²) in [5.41, 5.74) is -3.94. The average molecular weight is 407 g/mol. The second-order valence-corrected chi connectivity index (χ2v) is 6.67. The number of pyridine rings is 1. The number of aromatic nitrogens is 1. The van der Waals surface area contributed by atoms with Crippen LogP contribution < -0.4 is 9.30 Å². The number of carboxylic acid groups (broad SMARTS) is 1. The summed E-state index contributed by atoms with van der Waals surface area (Å²) in [7, 11) is -4.28. The topological polar surface area (TPSA) is 108 Å². The van der Waals surface area contributed by atoms with E-state index in [4.69, 9.17) is 17.7 Å². The summed E-state index contributed by atoms with van der Waals surface area (Å²) in [5, 5.41) is 9.31. The van der Waals surface area contributed by atoms with E-state index in [-0.39, 0.29) is 0 Å². The molecule has 0 aliphatic carbocycles. The van der Waals surface area contributed by atoms with Gasteiger partial charge >= 0.3 is 17.4 Å². The molecule has 11 heteroatoms. The van der Waals surface area contributed by atoms with Crippen molar-refractivity contribution in [1.82, 2.24) is 0 Å². The second-order valence-electron chi connectivity index (χ2n) is 5.30. The highest BCUT2D eigenvalue weighted by Crippen LogP contribution is 2.21. The van der Waals surface area contributed by atoms with Crippen LogP contribution in [0.2, 0.25) is 0 Å². The highest BCUT2D eigenvalue weighted by Gasteiger charge is 2.36. The molecule has 1 aromatic carbocycles. The van der Waals surface area contributed by atoms with Gasteiger partial charge in [0.15, 0.2) is 16.3 Å². The Kier molecular flexibility index (Phi) is 7.31. The first-order chi connectivity index (χ1) is 12.3. The molecule has 0 fully saturated rings. The van der Waals surface area contributed by atoms with Crippen molar-refractivity contribution in [1.29, 1.82) is 0 Å². The number of nitrogens with zero attached hydrogens (tertiary/aromatic N) is 1. The van der Waals surface area contributed by atoms with Crippen LogP contribution in [0, 0.1) is 6.92 Å². The normalized spacial score (nSPS) is 12.5. The van der Waals surface area contributed by atoms with Crippen LogP contribution in [0.15, 0.2) is 48.7 Å². The smallest absolute Gasteiger partial charge is 0.485 e. The molecule has 0 aliphatic rings. The van der Waals surface area contributed by atoms with Crippen molar-refractivity contribution in [3.63, 3.8) is 0 Å². The molecule has 0 radical (unpaired) electrons. The molecule has 0 bridgehead atoms. The first kappa shape index (κ1) is 22.4. The lowest BCUT2D eigenvalue weighted by molar-refractivity contribution is -0.677. The summed E-state index contributed by atoms with van der Waals surface area (Å²) in [5.74, 6) is -0.497. The van der Waals surface area contributed by atoms with E-state index in [9.17, 15) is 23.1 Å². The number of hydrogen-bond acceptors (Lipinski definition) is 5. The largest absolute Gasteiger partial charge is 0.741 e. The third-order valence-electron chi connectivity index (χ3n) is 3.13. The molecular weight excluding hydrogens is 391 g/mol. The van der Waals surface area contributed by atoms with Crippen molar-refractivity contribution in [2.24, 2.45) is 7.05 Å². The number of rotatable bonds is 4. The van der Waals surface area contributed by atoms with E-state index in [1.807, 2.05) is 44.4 Å². The van der Waals surface area contributed by atoms with Crippen LogP contribution in [0.25, 0.3) is 0 Å². The van der Waals surface area contributed by atoms with Gasteiger partial charge < -0.3 is 14.4 Å². The predicted octanol–water partition coefficient (Wildman–Crippen LogP) is 2.08. The summed E-state index contributed by atoms with van der Waals surface area (Å²) in [6, 6.07) is 12.7. The molecule has 0 saturated carbocycles. The quantitative estimate of drug-likeness (QED) is 0.472. The lowest BCUT2D eigenvalue weighted by Crippen LogP contribution is -2.32. The minimum atomic E-state index is -6.09. The summed E-state index contributed by atoms with van der Waals surface area (Å²) in [6.07, 6.45) is 0.804. The summed E-state index contributed by atoms with van der Waals surface area (Å²) < 4.78 is 66.2. The maximum Gasteiger partial charge on any atom is 0.485 e. The molecule has 0 amide bonds. The van der Waals surface area contributed by atoms with E-state index in [1.165, 1.54) is 0 Å². The van der Waals surface area contributed by atoms with Crippen molar-refractivity contribution in [2.45, 2.75) is 18.5 Å². The third kappa shape index (κ3) is 6.87. The zero-order valence-electron chi connectivity index (χ0n) is 14.2. The predicted molar refractivity (Wildman–Crippen MR) is 85.6 cm³/mol. The van der Waals surface area contributed by atoms with E-state index >= 15 is 0 Å². The number of alkyl halides is 3. The van der Waals surface area contributed by atoms with Crippen LogP contribution in [0.3, 0.4) is 0 Å². The van der Waals surface area contributed by atoms with Crippen molar-refractivity contribution in [3.8, 4) is 5.88 Å². The van der Waals surface area contributed by atoms with Gasteiger partial charge in [0.25, 0.3) is 0 Å². The van der Waals surface area contributed by atoms with Gasteiger partial charge in [-0.1, -0.05) is 29.8 Å². The number of benzene rings is 1. The average Bonchev–Trinajstić information content (AvgIpc) is 2.53. The molecule has 27 heavy (non-hydrogen) atoms. The van der Waals surface area contributed by atoms with Crippen LogP contribution in [-0.2, 0) is 22.0 Å². The first-order valence-corrected chi connectivity index (χ1v) is 8.66. The van der Waals surface area contributed by atoms with E-state index in [1.54, 1.807) is 22.8 Å². The fourth-order valence-electron chi connectivity index (χ4n) is 1.75. The number of halogens is 3. The number of carboxylic acids is 1. The van der Waals surface area contributed by atoms with Crippen molar-refractivity contribution in [3.05, 3.63) is 59.8 Å². The Morgan fingerprint density at radius 2 is 1.70 bits per heavy atom. The van der Waals surface area contributed by atoms with Crippen LogP contribution in [0.4, 0.5) is 13.2 Å². The Morgan fingerprint density at radius 1 is 1.19 bits per heavy atom. The number of carbonyl (C=O) groups is 1. The number of aryl methyl sites for hydroxylation is 2. The Morgan fingerprint density at radius 3 is 2.11 bits per heavy atom. The number of aliphatic carboxylic acids is 1. The summed E-state index contributed by atoms with van der Waals surface area (Å²) in [6.45, 7) is 1.96. The van der Waals surface area contributed by atoms with E-state index < -0.39 is 27.7 Å². The minimum Gasteiger partial charge on any atom is -0.741 e. The van der Waals surface area contributed by atoms with Crippen molar-refractivity contribution < 1.29 is 45.3 Å². The van der Waals surface area contributed by atoms with Gasteiger partial charge in [0, 0.05) is 11.6 Å². The van der Waals surface area contributed by atoms with E-state index in [2.05, 4.69) is 0 Å². The Balaban J connectivity index is 0.000000387. The fraction of sp³-hybridized carbons (Fsp3) is 0.250. The van der Waals surface area contributed by atoms with Crippen LogP contribution in [0.5, 0.6) is 5.88 Å². The molecule has 7 nitrogen and oxygen atoms in total. The minimum absolute atomic E-state index is 0.510. The molecular formula is C16H16F3NO6S. The summed E-state index contributed by atoms with van der Waals surface area (Å²) >= 11 is 0. The lowest BCUT2D eigenvalue weighted by atomic mass is 10.1. The highest BCUT2D eigenvalue weighted by molar-refractivity contribution is 7.86. The molecule has 1 atom stereocenters. The zero-order chi connectivity index (χ0) is 20.8. The molecule has 2 rings (SSSR count). The standard InChI is InChI=1S/C15H15NO3.CHF3O3S/c1-11-6-8-12(9-7-11)14(15(17)18)19-13-5-3-4-10-16(13)2;2-1(3,4)8(5,6)7/h3-10,14H,1-2H3;(H,5,6,7). The lowest BCUT2D eigenvalue weighted by Gasteiger charge is -2.13. The van der Waals surface area contributed by atoms with Gasteiger partial charge in [-0.2, -0.15) is 17.7 Å². The monoisotopic (exact) mass is 407 g/mol. The summed E-state index contributed by atoms with van der Waals surface area (Å²) in [4.78, 5) is 11.4. The SMILES string of the molecule is Cc1ccc(C(Oc2cccc[n+]2C)C(=O)O)cc1.O=S(=O)([O-])C(F)(F)F. The molecule has 1 N–H and O–H groups in total. The van der Waals surface area contributed by atoms with Crippen LogP contribution in [0.1, 0.15) is 17.2 Å². The van der Waals surface area contributed by atoms with Crippen LogP contribution >= 0.6 is 0 Å². The fourth-order valence-corrected chi connectivity index (χ4v) is 1.75. The van der Waals surface area contributed by atoms with Crippen molar-refractivity contribution in [2.75, 3.05) is 0 Å². The van der Waals surface area contributed by atoms with E-state index in [0.717, 1.165) is 5.56 Å². The Hall–Kier alpha value is -2.66. The maximum absolute atomic E-state index is 11.4. The maximum atomic E-state index is 11.4. The molecule has 1 unspecified atom stereocenters. The highest BCUT2D eigenvalue weighted by atomic mass is 32.2.